The van der Waals surface area contributed by atoms with Gasteiger partial charge in [-0.25, -0.2) is 10.4 Å². The van der Waals surface area contributed by atoms with Crippen molar-refractivity contribution in [2.45, 2.75) is 17.5 Å². The molecule has 14 heavy (non-hydrogen) atoms. The van der Waals surface area contributed by atoms with Crippen LogP contribution in [0.1, 0.15) is 17.9 Å². The largest absolute Gasteiger partial charge is 0.245 e. The molecule has 76 valence electrons. The Morgan fingerprint density at radius 3 is 2.71 bits per heavy atom. The highest BCUT2D eigenvalue weighted by atomic mass is 32.2. The van der Waals surface area contributed by atoms with Crippen LogP contribution in [0.25, 0.3) is 0 Å². The molecule has 1 heterocycles. The summed E-state index contributed by atoms with van der Waals surface area (Å²) < 4.78 is 0. The van der Waals surface area contributed by atoms with Crippen LogP contribution in [-0.4, -0.2) is 23.9 Å². The smallest absolute Gasteiger partial charge is 0.0921 e. The second-order valence-corrected chi connectivity index (χ2v) is 5.30. The van der Waals surface area contributed by atoms with Gasteiger partial charge in [0.15, 0.2) is 0 Å². The molecule has 1 aliphatic rings. The number of benzene rings is 1. The molecule has 3 heteroatoms. The zero-order valence-corrected chi connectivity index (χ0v) is 9.42. The van der Waals surface area contributed by atoms with E-state index < -0.39 is 0 Å². The Hall–Kier alpha value is -0.510. The lowest BCUT2D eigenvalue weighted by Crippen LogP contribution is -2.44. The molecule has 1 aromatic rings. The second-order valence-electron chi connectivity index (χ2n) is 3.75. The first kappa shape index (κ1) is 10.0. The van der Waals surface area contributed by atoms with Crippen LogP contribution in [-0.2, 0) is 0 Å². The van der Waals surface area contributed by atoms with Crippen LogP contribution >= 0.6 is 11.8 Å². The average molecular weight is 208 g/mol. The molecular formula is C11H16N2S. The third-order valence-electron chi connectivity index (χ3n) is 2.34. The molecule has 0 amide bonds. The highest BCUT2D eigenvalue weighted by Gasteiger charge is 2.23. The third-order valence-corrected chi connectivity index (χ3v) is 3.60. The highest BCUT2D eigenvalue weighted by Crippen LogP contribution is 2.32. The van der Waals surface area contributed by atoms with Crippen LogP contribution in [0.15, 0.2) is 30.3 Å². The van der Waals surface area contributed by atoms with Crippen LogP contribution in [0.4, 0.5) is 0 Å². The number of hydrogen-bond acceptors (Lipinski definition) is 3. The van der Waals surface area contributed by atoms with Gasteiger partial charge in [-0.05, 0) is 5.56 Å². The minimum Gasteiger partial charge on any atom is -0.245 e. The fraction of sp³-hybridized carbons (Fsp3) is 0.455. The lowest BCUT2D eigenvalue weighted by atomic mass is 10.2. The maximum atomic E-state index is 3.46. The summed E-state index contributed by atoms with van der Waals surface area (Å²) in [5, 5.41) is 3.27. The SMILES string of the molecule is C[C@@H]1CN(C)N[C@@H](c2ccccc2)S1. The minimum atomic E-state index is 0.407. The van der Waals surface area contributed by atoms with Gasteiger partial charge in [-0.1, -0.05) is 37.3 Å². The van der Waals surface area contributed by atoms with Crippen molar-refractivity contribution in [2.75, 3.05) is 13.6 Å². The van der Waals surface area contributed by atoms with Gasteiger partial charge in [0, 0.05) is 18.8 Å². The van der Waals surface area contributed by atoms with E-state index in [0.29, 0.717) is 10.6 Å². The van der Waals surface area contributed by atoms with Crippen molar-refractivity contribution in [3.63, 3.8) is 0 Å². The van der Waals surface area contributed by atoms with E-state index in [9.17, 15) is 0 Å². The Labute approximate surface area is 89.7 Å². The first-order valence-corrected chi connectivity index (χ1v) is 5.87. The summed E-state index contributed by atoms with van der Waals surface area (Å²) in [6.07, 6.45) is 0. The summed E-state index contributed by atoms with van der Waals surface area (Å²) >= 11 is 1.99. The topological polar surface area (TPSA) is 15.3 Å². The van der Waals surface area contributed by atoms with Crippen molar-refractivity contribution in [1.29, 1.82) is 0 Å². The van der Waals surface area contributed by atoms with Crippen LogP contribution in [0.2, 0.25) is 0 Å². The highest BCUT2D eigenvalue weighted by molar-refractivity contribution is 8.00. The van der Waals surface area contributed by atoms with Gasteiger partial charge in [-0.15, -0.1) is 11.8 Å². The molecule has 1 saturated heterocycles. The molecule has 1 N–H and O–H groups in total. The molecule has 2 nitrogen and oxygen atoms in total. The summed E-state index contributed by atoms with van der Waals surface area (Å²) in [6.45, 7) is 3.38. The molecule has 0 aromatic heterocycles. The fourth-order valence-electron chi connectivity index (χ4n) is 1.73. The molecule has 0 radical (unpaired) electrons. The lowest BCUT2D eigenvalue weighted by molar-refractivity contribution is 0.219. The lowest BCUT2D eigenvalue weighted by Gasteiger charge is -2.34. The van der Waals surface area contributed by atoms with Gasteiger partial charge in [0.05, 0.1) is 5.37 Å². The van der Waals surface area contributed by atoms with E-state index in [2.05, 4.69) is 54.7 Å². The summed E-state index contributed by atoms with van der Waals surface area (Å²) in [5.74, 6) is 0. The van der Waals surface area contributed by atoms with Gasteiger partial charge in [0.2, 0.25) is 0 Å². The Morgan fingerprint density at radius 1 is 1.36 bits per heavy atom. The standard InChI is InChI=1S/C11H16N2S/c1-9-8-13(2)12-11(14-9)10-6-4-3-5-7-10/h3-7,9,11-12H,8H2,1-2H3/t9-,11-/m1/s1. The number of rotatable bonds is 1. The van der Waals surface area contributed by atoms with Crippen molar-refractivity contribution in [1.82, 2.24) is 10.4 Å². The fourth-order valence-corrected chi connectivity index (χ4v) is 3.05. The number of nitrogens with one attached hydrogen (secondary N) is 1. The first-order valence-electron chi connectivity index (χ1n) is 4.93. The Balaban J connectivity index is 2.11. The molecule has 0 unspecified atom stereocenters. The molecule has 0 aliphatic carbocycles. The Kier molecular flexibility index (Phi) is 3.11. The normalized spacial score (nSPS) is 29.0. The quantitative estimate of drug-likeness (QED) is 0.762. The molecule has 1 aliphatic heterocycles. The van der Waals surface area contributed by atoms with Crippen molar-refractivity contribution in [2.24, 2.45) is 0 Å². The van der Waals surface area contributed by atoms with E-state index in [4.69, 9.17) is 0 Å². The van der Waals surface area contributed by atoms with Gasteiger partial charge < -0.3 is 0 Å². The maximum Gasteiger partial charge on any atom is 0.0921 e. The van der Waals surface area contributed by atoms with E-state index in [0.717, 1.165) is 6.54 Å². The predicted molar refractivity (Wildman–Crippen MR) is 62.0 cm³/mol. The van der Waals surface area contributed by atoms with Crippen molar-refractivity contribution >= 4 is 11.8 Å². The maximum absolute atomic E-state index is 3.46. The van der Waals surface area contributed by atoms with Crippen LogP contribution < -0.4 is 5.43 Å². The van der Waals surface area contributed by atoms with Crippen LogP contribution in [0, 0.1) is 0 Å². The zero-order chi connectivity index (χ0) is 9.97. The van der Waals surface area contributed by atoms with E-state index in [-0.39, 0.29) is 0 Å². The number of nitrogens with zero attached hydrogens (tertiary/aromatic N) is 1. The first-order chi connectivity index (χ1) is 6.75. The summed E-state index contributed by atoms with van der Waals surface area (Å²) in [6, 6.07) is 10.6. The van der Waals surface area contributed by atoms with Crippen molar-refractivity contribution < 1.29 is 0 Å². The minimum absolute atomic E-state index is 0.407. The molecule has 2 rings (SSSR count). The summed E-state index contributed by atoms with van der Waals surface area (Å²) in [7, 11) is 2.10. The van der Waals surface area contributed by atoms with Gasteiger partial charge in [0.1, 0.15) is 0 Å². The molecule has 1 aromatic carbocycles. The number of hydrazine groups is 1. The van der Waals surface area contributed by atoms with Crippen LogP contribution in [0.5, 0.6) is 0 Å². The predicted octanol–water partition coefficient (Wildman–Crippen LogP) is 2.26. The third kappa shape index (κ3) is 2.29. The molecule has 0 spiro atoms. The van der Waals surface area contributed by atoms with E-state index in [1.165, 1.54) is 5.56 Å². The number of thioether (sulfide) groups is 1. The molecule has 0 saturated carbocycles. The Morgan fingerprint density at radius 2 is 2.07 bits per heavy atom. The van der Waals surface area contributed by atoms with E-state index >= 15 is 0 Å². The molecular weight excluding hydrogens is 192 g/mol. The summed E-state index contributed by atoms with van der Waals surface area (Å²) in [5.41, 5.74) is 4.82. The number of hydrogen-bond donors (Lipinski definition) is 1. The van der Waals surface area contributed by atoms with Gasteiger partial charge in [-0.3, -0.25) is 0 Å². The van der Waals surface area contributed by atoms with Crippen molar-refractivity contribution in [3.8, 4) is 0 Å². The van der Waals surface area contributed by atoms with Crippen LogP contribution in [0.3, 0.4) is 0 Å². The molecule has 2 atom stereocenters. The van der Waals surface area contributed by atoms with E-state index in [1.807, 2.05) is 11.8 Å². The van der Waals surface area contributed by atoms with E-state index in [1.54, 1.807) is 0 Å². The monoisotopic (exact) mass is 208 g/mol. The van der Waals surface area contributed by atoms with Crippen molar-refractivity contribution in [3.05, 3.63) is 35.9 Å². The molecule has 0 bridgehead atoms. The van der Waals surface area contributed by atoms with Gasteiger partial charge >= 0.3 is 0 Å². The Bertz CT molecular complexity index is 279. The van der Waals surface area contributed by atoms with Gasteiger partial charge in [-0.2, -0.15) is 0 Å². The van der Waals surface area contributed by atoms with Gasteiger partial charge in [0.25, 0.3) is 0 Å². The summed E-state index contributed by atoms with van der Waals surface area (Å²) in [4.78, 5) is 0. The zero-order valence-electron chi connectivity index (χ0n) is 8.60. The average Bonchev–Trinajstić information content (AvgIpc) is 2.18. The molecule has 1 fully saturated rings. The second kappa shape index (κ2) is 4.34.